The summed E-state index contributed by atoms with van der Waals surface area (Å²) in [5, 5.41) is 0.758. The Hall–Kier alpha value is -2.20. The van der Waals surface area contributed by atoms with Crippen LogP contribution in [0.1, 0.15) is 28.8 Å². The predicted molar refractivity (Wildman–Crippen MR) is 91.8 cm³/mol. The van der Waals surface area contributed by atoms with Crippen molar-refractivity contribution in [1.82, 2.24) is 4.90 Å². The number of likely N-dealkylation sites (tertiary alicyclic amines) is 1. The number of hydrogen-bond acceptors (Lipinski definition) is 3. The Balaban J connectivity index is 1.58. The molecule has 24 heavy (non-hydrogen) atoms. The van der Waals surface area contributed by atoms with E-state index in [4.69, 9.17) is 21.1 Å². The van der Waals surface area contributed by atoms with Gasteiger partial charge in [0.25, 0.3) is 5.91 Å². The van der Waals surface area contributed by atoms with Crippen molar-refractivity contribution in [3.05, 3.63) is 58.6 Å². The van der Waals surface area contributed by atoms with Gasteiger partial charge in [-0.1, -0.05) is 35.9 Å². The fraction of sp³-hybridized carbons (Fsp3) is 0.316. The van der Waals surface area contributed by atoms with Gasteiger partial charge in [-0.05, 0) is 43.0 Å². The number of carbonyl (C=O) groups is 1. The van der Waals surface area contributed by atoms with Crippen LogP contribution in [0.4, 0.5) is 0 Å². The van der Waals surface area contributed by atoms with E-state index < -0.39 is 0 Å². The number of amides is 1. The van der Waals surface area contributed by atoms with Crippen LogP contribution < -0.4 is 9.47 Å². The molecule has 1 amide bonds. The lowest BCUT2D eigenvalue weighted by atomic mass is 10.0. The zero-order valence-corrected chi connectivity index (χ0v) is 14.0. The molecule has 5 heteroatoms. The highest BCUT2D eigenvalue weighted by molar-refractivity contribution is 6.31. The fourth-order valence-corrected chi connectivity index (χ4v) is 3.70. The first-order valence-corrected chi connectivity index (χ1v) is 8.55. The van der Waals surface area contributed by atoms with Gasteiger partial charge in [-0.3, -0.25) is 4.79 Å². The number of ether oxygens (including phenoxy) is 2. The summed E-state index contributed by atoms with van der Waals surface area (Å²) in [7, 11) is 0. The molecule has 4 nitrogen and oxygen atoms in total. The molecule has 124 valence electrons. The van der Waals surface area contributed by atoms with Gasteiger partial charge in [-0.15, -0.1) is 0 Å². The van der Waals surface area contributed by atoms with Crippen LogP contribution in [0.2, 0.25) is 5.02 Å². The number of hydrogen-bond donors (Lipinski definition) is 0. The summed E-state index contributed by atoms with van der Waals surface area (Å²) >= 11 is 6.28. The average Bonchev–Trinajstić information content (AvgIpc) is 3.25. The van der Waals surface area contributed by atoms with Crippen molar-refractivity contribution in [3.8, 4) is 11.5 Å². The van der Waals surface area contributed by atoms with E-state index in [9.17, 15) is 4.79 Å². The number of halogens is 1. The van der Waals surface area contributed by atoms with Crippen molar-refractivity contribution >= 4 is 17.5 Å². The van der Waals surface area contributed by atoms with Crippen molar-refractivity contribution < 1.29 is 14.3 Å². The highest BCUT2D eigenvalue weighted by atomic mass is 35.5. The van der Waals surface area contributed by atoms with E-state index in [-0.39, 0.29) is 18.7 Å². The lowest BCUT2D eigenvalue weighted by molar-refractivity contribution is 0.0732. The third-order valence-corrected chi connectivity index (χ3v) is 5.05. The minimum Gasteiger partial charge on any atom is -0.454 e. The quantitative estimate of drug-likeness (QED) is 0.848. The van der Waals surface area contributed by atoms with Crippen LogP contribution in [0.5, 0.6) is 11.5 Å². The minimum absolute atomic E-state index is 0.00639. The minimum atomic E-state index is 0.00639. The molecule has 0 bridgehead atoms. The van der Waals surface area contributed by atoms with E-state index in [1.54, 1.807) is 6.07 Å². The Morgan fingerprint density at radius 3 is 2.92 bits per heavy atom. The van der Waals surface area contributed by atoms with Gasteiger partial charge in [0.2, 0.25) is 6.79 Å². The summed E-state index contributed by atoms with van der Waals surface area (Å²) in [6, 6.07) is 13.5. The van der Waals surface area contributed by atoms with Gasteiger partial charge >= 0.3 is 0 Å². The van der Waals surface area contributed by atoms with Gasteiger partial charge in [0, 0.05) is 17.6 Å². The molecule has 0 saturated carbocycles. The second-order valence-electron chi connectivity index (χ2n) is 6.13. The van der Waals surface area contributed by atoms with Gasteiger partial charge in [-0.25, -0.2) is 0 Å². The van der Waals surface area contributed by atoms with E-state index in [0.29, 0.717) is 17.1 Å². The number of fused-ring (bicyclic) bond motifs is 1. The van der Waals surface area contributed by atoms with Crippen molar-refractivity contribution in [1.29, 1.82) is 0 Å². The summed E-state index contributed by atoms with van der Waals surface area (Å²) in [4.78, 5) is 15.0. The topological polar surface area (TPSA) is 38.8 Å². The third kappa shape index (κ3) is 2.71. The molecule has 1 unspecified atom stereocenters. The molecular weight excluding hydrogens is 326 g/mol. The maximum atomic E-state index is 13.0. The molecule has 0 aliphatic carbocycles. The third-order valence-electron chi connectivity index (χ3n) is 4.68. The van der Waals surface area contributed by atoms with E-state index >= 15 is 0 Å². The SMILES string of the molecule is O=C(c1cccc2c1OCO2)N1CCCC1Cc1ccccc1Cl. The summed E-state index contributed by atoms with van der Waals surface area (Å²) in [6.45, 7) is 0.932. The number of rotatable bonds is 3. The maximum Gasteiger partial charge on any atom is 0.258 e. The Kier molecular flexibility index (Phi) is 4.07. The molecule has 1 saturated heterocycles. The molecule has 0 N–H and O–H groups in total. The molecule has 1 fully saturated rings. The van der Waals surface area contributed by atoms with Crippen LogP contribution in [0.15, 0.2) is 42.5 Å². The average molecular weight is 344 g/mol. The number of benzene rings is 2. The monoisotopic (exact) mass is 343 g/mol. The summed E-state index contributed by atoms with van der Waals surface area (Å²) in [6.07, 6.45) is 2.77. The van der Waals surface area contributed by atoms with Gasteiger partial charge < -0.3 is 14.4 Å². The first-order valence-electron chi connectivity index (χ1n) is 8.17. The highest BCUT2D eigenvalue weighted by Gasteiger charge is 2.33. The molecule has 2 aliphatic heterocycles. The molecule has 0 spiro atoms. The van der Waals surface area contributed by atoms with Crippen molar-refractivity contribution in [2.45, 2.75) is 25.3 Å². The van der Waals surface area contributed by atoms with Gasteiger partial charge in [-0.2, -0.15) is 0 Å². The maximum absolute atomic E-state index is 13.0. The first kappa shape index (κ1) is 15.3. The zero-order chi connectivity index (χ0) is 16.5. The second kappa shape index (κ2) is 6.36. The molecule has 0 aromatic heterocycles. The van der Waals surface area contributed by atoms with E-state index in [1.165, 1.54) is 0 Å². The number of para-hydroxylation sites is 1. The molecule has 2 aliphatic rings. The lowest BCUT2D eigenvalue weighted by Gasteiger charge is -2.25. The van der Waals surface area contributed by atoms with Gasteiger partial charge in [0.15, 0.2) is 11.5 Å². The van der Waals surface area contributed by atoms with E-state index in [0.717, 1.165) is 36.4 Å². The first-order chi connectivity index (χ1) is 11.7. The molecule has 2 aromatic carbocycles. The Bertz CT molecular complexity index is 777. The van der Waals surface area contributed by atoms with Crippen LogP contribution in [-0.2, 0) is 6.42 Å². The molecule has 2 aromatic rings. The second-order valence-corrected chi connectivity index (χ2v) is 6.54. The Morgan fingerprint density at radius 1 is 1.17 bits per heavy atom. The Morgan fingerprint density at radius 2 is 2.04 bits per heavy atom. The highest BCUT2D eigenvalue weighted by Crippen LogP contribution is 2.37. The fourth-order valence-electron chi connectivity index (χ4n) is 3.49. The molecule has 0 radical (unpaired) electrons. The molecule has 1 atom stereocenters. The molecular formula is C19H18ClNO3. The number of nitrogens with zero attached hydrogens (tertiary/aromatic N) is 1. The molecule has 4 rings (SSSR count). The normalized spacial score (nSPS) is 18.9. The summed E-state index contributed by atoms with van der Waals surface area (Å²) in [5.74, 6) is 1.21. The van der Waals surface area contributed by atoms with Gasteiger partial charge in [0.05, 0.1) is 5.56 Å². The van der Waals surface area contributed by atoms with E-state index in [1.807, 2.05) is 41.3 Å². The molecule has 2 heterocycles. The van der Waals surface area contributed by atoms with Crippen LogP contribution in [0.25, 0.3) is 0 Å². The van der Waals surface area contributed by atoms with Crippen LogP contribution in [-0.4, -0.2) is 30.2 Å². The van der Waals surface area contributed by atoms with Crippen LogP contribution in [0, 0.1) is 0 Å². The summed E-state index contributed by atoms with van der Waals surface area (Å²) < 4.78 is 10.9. The predicted octanol–water partition coefficient (Wildman–Crippen LogP) is 3.92. The lowest BCUT2D eigenvalue weighted by Crippen LogP contribution is -2.37. The Labute approximate surface area is 145 Å². The van der Waals surface area contributed by atoms with Gasteiger partial charge in [0.1, 0.15) is 0 Å². The smallest absolute Gasteiger partial charge is 0.258 e. The largest absolute Gasteiger partial charge is 0.454 e. The van der Waals surface area contributed by atoms with Crippen molar-refractivity contribution in [2.75, 3.05) is 13.3 Å². The van der Waals surface area contributed by atoms with Crippen molar-refractivity contribution in [2.24, 2.45) is 0 Å². The van der Waals surface area contributed by atoms with E-state index in [2.05, 4.69) is 0 Å². The zero-order valence-electron chi connectivity index (χ0n) is 13.2. The number of carbonyl (C=O) groups excluding carboxylic acids is 1. The van der Waals surface area contributed by atoms with Crippen molar-refractivity contribution in [3.63, 3.8) is 0 Å². The standard InChI is InChI=1S/C19H18ClNO3/c20-16-8-2-1-5-13(16)11-14-6-4-10-21(14)19(22)15-7-3-9-17-18(15)24-12-23-17/h1-3,5,7-9,14H,4,6,10-12H2. The van der Waals surface area contributed by atoms with Crippen LogP contribution >= 0.6 is 11.6 Å². The summed E-state index contributed by atoms with van der Waals surface area (Å²) in [5.41, 5.74) is 1.66. The van der Waals surface area contributed by atoms with Crippen LogP contribution in [0.3, 0.4) is 0 Å².